The molecule has 0 bridgehead atoms. The second-order valence-electron chi connectivity index (χ2n) is 5.77. The number of aryl methyl sites for hydroxylation is 1. The highest BCUT2D eigenvalue weighted by Gasteiger charge is 2.12. The minimum Gasteiger partial charge on any atom is -0.307 e. The fraction of sp³-hybridized carbons (Fsp3) is 0.278. The standard InChI is InChI=1S/C18H20ClN5O/c1-2-3-10-24-17(8-9-20-24)22-18(25)15-11-21-23(13-15)12-14-6-4-5-7-16(14)19/h4-9,11,13H,2-3,10,12H2,1H3,(H,22,25). The monoisotopic (exact) mass is 357 g/mol. The number of amides is 1. The first kappa shape index (κ1) is 17.2. The summed E-state index contributed by atoms with van der Waals surface area (Å²) in [7, 11) is 0. The molecule has 1 amide bonds. The Labute approximate surface area is 151 Å². The highest BCUT2D eigenvalue weighted by atomic mass is 35.5. The molecule has 0 aliphatic carbocycles. The molecule has 2 aromatic heterocycles. The number of nitrogens with zero attached hydrogens (tertiary/aromatic N) is 4. The van der Waals surface area contributed by atoms with Crippen molar-refractivity contribution in [2.24, 2.45) is 0 Å². The van der Waals surface area contributed by atoms with Gasteiger partial charge in [0, 0.05) is 23.8 Å². The molecule has 0 radical (unpaired) electrons. The van der Waals surface area contributed by atoms with Crippen molar-refractivity contribution in [3.8, 4) is 0 Å². The molecular formula is C18H20ClN5O. The van der Waals surface area contributed by atoms with E-state index in [0.29, 0.717) is 22.9 Å². The van der Waals surface area contributed by atoms with Crippen LogP contribution in [0.25, 0.3) is 0 Å². The third-order valence-corrected chi connectivity index (χ3v) is 4.24. The van der Waals surface area contributed by atoms with Gasteiger partial charge in [0.1, 0.15) is 5.82 Å². The Morgan fingerprint density at radius 3 is 2.88 bits per heavy atom. The van der Waals surface area contributed by atoms with Crippen molar-refractivity contribution in [1.82, 2.24) is 19.6 Å². The third-order valence-electron chi connectivity index (χ3n) is 3.87. The molecule has 0 aliphatic rings. The summed E-state index contributed by atoms with van der Waals surface area (Å²) in [5.41, 5.74) is 1.45. The highest BCUT2D eigenvalue weighted by molar-refractivity contribution is 6.31. The fourth-order valence-electron chi connectivity index (χ4n) is 2.48. The second-order valence-corrected chi connectivity index (χ2v) is 6.17. The lowest BCUT2D eigenvalue weighted by molar-refractivity contribution is 0.102. The van der Waals surface area contributed by atoms with Crippen LogP contribution < -0.4 is 5.32 Å². The van der Waals surface area contributed by atoms with Crippen molar-refractivity contribution in [2.45, 2.75) is 32.9 Å². The molecule has 0 saturated heterocycles. The average Bonchev–Trinajstić information content (AvgIpc) is 3.24. The minimum absolute atomic E-state index is 0.205. The van der Waals surface area contributed by atoms with Crippen molar-refractivity contribution in [3.05, 3.63) is 65.1 Å². The van der Waals surface area contributed by atoms with Crippen LogP contribution >= 0.6 is 11.6 Å². The summed E-state index contributed by atoms with van der Waals surface area (Å²) in [4.78, 5) is 12.4. The van der Waals surface area contributed by atoms with E-state index in [-0.39, 0.29) is 5.91 Å². The summed E-state index contributed by atoms with van der Waals surface area (Å²) >= 11 is 6.17. The van der Waals surface area contributed by atoms with Crippen molar-refractivity contribution in [1.29, 1.82) is 0 Å². The molecule has 6 nitrogen and oxygen atoms in total. The maximum Gasteiger partial charge on any atom is 0.259 e. The van der Waals surface area contributed by atoms with Crippen molar-refractivity contribution in [2.75, 3.05) is 5.32 Å². The van der Waals surface area contributed by atoms with Gasteiger partial charge in [0.15, 0.2) is 0 Å². The molecule has 0 spiro atoms. The maximum atomic E-state index is 12.4. The average molecular weight is 358 g/mol. The number of carbonyl (C=O) groups is 1. The number of carbonyl (C=O) groups excluding carboxylic acids is 1. The lowest BCUT2D eigenvalue weighted by Crippen LogP contribution is -2.15. The van der Waals surface area contributed by atoms with E-state index in [0.717, 1.165) is 24.9 Å². The van der Waals surface area contributed by atoms with Gasteiger partial charge in [-0.2, -0.15) is 10.2 Å². The Bertz CT molecular complexity index is 855. The smallest absolute Gasteiger partial charge is 0.259 e. The Hall–Kier alpha value is -2.60. The van der Waals surface area contributed by atoms with Crippen LogP contribution in [0.1, 0.15) is 35.7 Å². The van der Waals surface area contributed by atoms with Crippen molar-refractivity contribution in [3.63, 3.8) is 0 Å². The number of halogens is 1. The van der Waals surface area contributed by atoms with Gasteiger partial charge in [0.05, 0.1) is 24.5 Å². The van der Waals surface area contributed by atoms with Gasteiger partial charge in [-0.1, -0.05) is 43.1 Å². The topological polar surface area (TPSA) is 64.7 Å². The number of unbranched alkanes of at least 4 members (excludes halogenated alkanes) is 1. The van der Waals surface area contributed by atoms with Gasteiger partial charge in [0.2, 0.25) is 0 Å². The Kier molecular flexibility index (Phi) is 5.50. The van der Waals surface area contributed by atoms with E-state index in [9.17, 15) is 4.79 Å². The van der Waals surface area contributed by atoms with E-state index in [1.165, 1.54) is 0 Å². The molecule has 0 unspecified atom stereocenters. The molecule has 2 heterocycles. The number of hydrogen-bond acceptors (Lipinski definition) is 3. The van der Waals surface area contributed by atoms with Gasteiger partial charge in [-0.05, 0) is 18.1 Å². The molecule has 0 aliphatic heterocycles. The van der Waals surface area contributed by atoms with Crippen molar-refractivity contribution >= 4 is 23.3 Å². The zero-order chi connectivity index (χ0) is 17.6. The molecule has 0 saturated carbocycles. The molecule has 1 N–H and O–H groups in total. The van der Waals surface area contributed by atoms with Crippen LogP contribution in [0.3, 0.4) is 0 Å². The summed E-state index contributed by atoms with van der Waals surface area (Å²) in [5.74, 6) is 0.487. The first-order valence-corrected chi connectivity index (χ1v) is 8.64. The van der Waals surface area contributed by atoms with E-state index >= 15 is 0 Å². The molecular weight excluding hydrogens is 338 g/mol. The third kappa shape index (κ3) is 4.28. The summed E-state index contributed by atoms with van der Waals surface area (Å²) in [5, 5.41) is 12.1. The molecule has 1 aromatic carbocycles. The number of rotatable bonds is 7. The maximum absolute atomic E-state index is 12.4. The van der Waals surface area contributed by atoms with Gasteiger partial charge in [0.25, 0.3) is 5.91 Å². The summed E-state index contributed by atoms with van der Waals surface area (Å²) in [6.07, 6.45) is 7.04. The van der Waals surface area contributed by atoms with Gasteiger partial charge < -0.3 is 5.32 Å². The van der Waals surface area contributed by atoms with Crippen LogP contribution in [0.15, 0.2) is 48.9 Å². The number of benzene rings is 1. The van der Waals surface area contributed by atoms with Crippen molar-refractivity contribution < 1.29 is 4.79 Å². The molecule has 7 heteroatoms. The van der Waals surface area contributed by atoms with E-state index in [4.69, 9.17) is 11.6 Å². The second kappa shape index (κ2) is 7.98. The van der Waals surface area contributed by atoms with E-state index in [2.05, 4.69) is 22.4 Å². The summed E-state index contributed by atoms with van der Waals surface area (Å²) in [6.45, 7) is 3.42. The van der Waals surface area contributed by atoms with Crippen LogP contribution in [0, 0.1) is 0 Å². The highest BCUT2D eigenvalue weighted by Crippen LogP contribution is 2.16. The molecule has 0 fully saturated rings. The number of aromatic nitrogens is 4. The quantitative estimate of drug-likeness (QED) is 0.698. The zero-order valence-corrected chi connectivity index (χ0v) is 14.8. The molecule has 130 valence electrons. The van der Waals surface area contributed by atoms with E-state index < -0.39 is 0 Å². The zero-order valence-electron chi connectivity index (χ0n) is 14.0. The normalized spacial score (nSPS) is 10.8. The lowest BCUT2D eigenvalue weighted by Gasteiger charge is -2.07. The van der Waals surface area contributed by atoms with Crippen LogP contribution in [-0.2, 0) is 13.1 Å². The van der Waals surface area contributed by atoms with Gasteiger partial charge in [-0.25, -0.2) is 4.68 Å². The number of anilines is 1. The van der Waals surface area contributed by atoms with Crippen LogP contribution in [0.5, 0.6) is 0 Å². The molecule has 25 heavy (non-hydrogen) atoms. The van der Waals surface area contributed by atoms with Gasteiger partial charge >= 0.3 is 0 Å². The lowest BCUT2D eigenvalue weighted by atomic mass is 10.2. The summed E-state index contributed by atoms with van der Waals surface area (Å²) < 4.78 is 3.50. The first-order chi connectivity index (χ1) is 12.2. The largest absolute Gasteiger partial charge is 0.307 e. The number of hydrogen-bond donors (Lipinski definition) is 1. The van der Waals surface area contributed by atoms with E-state index in [1.54, 1.807) is 34.0 Å². The summed E-state index contributed by atoms with van der Waals surface area (Å²) in [6, 6.07) is 9.38. The van der Waals surface area contributed by atoms with Gasteiger partial charge in [-0.3, -0.25) is 9.48 Å². The Morgan fingerprint density at radius 1 is 1.24 bits per heavy atom. The van der Waals surface area contributed by atoms with Crippen LogP contribution in [0.4, 0.5) is 5.82 Å². The minimum atomic E-state index is -0.205. The van der Waals surface area contributed by atoms with Gasteiger partial charge in [-0.15, -0.1) is 0 Å². The van der Waals surface area contributed by atoms with E-state index in [1.807, 2.05) is 24.3 Å². The first-order valence-electron chi connectivity index (χ1n) is 8.26. The Balaban J connectivity index is 1.67. The Morgan fingerprint density at radius 2 is 2.08 bits per heavy atom. The predicted molar refractivity (Wildman–Crippen MR) is 97.9 cm³/mol. The van der Waals surface area contributed by atoms with Crippen LogP contribution in [0.2, 0.25) is 5.02 Å². The fourth-order valence-corrected chi connectivity index (χ4v) is 2.68. The number of nitrogens with one attached hydrogen (secondary N) is 1. The molecule has 3 aromatic rings. The van der Waals surface area contributed by atoms with Crippen LogP contribution in [-0.4, -0.2) is 25.5 Å². The predicted octanol–water partition coefficient (Wildman–Crippen LogP) is 3.83. The SMILES string of the molecule is CCCCn1nccc1NC(=O)c1cnn(Cc2ccccc2Cl)c1. The molecule has 3 rings (SSSR count). The molecule has 0 atom stereocenters.